The van der Waals surface area contributed by atoms with Gasteiger partial charge in [0.2, 0.25) is 0 Å². The maximum atomic E-state index is 11.9. The van der Waals surface area contributed by atoms with Gasteiger partial charge >= 0.3 is 12.0 Å². The monoisotopic (exact) mass is 290 g/mol. The molecule has 0 aromatic rings. The summed E-state index contributed by atoms with van der Waals surface area (Å²) in [5.41, 5.74) is -0.0226. The van der Waals surface area contributed by atoms with E-state index in [1.165, 1.54) is 0 Å². The Bertz CT molecular complexity index is 303. The third kappa shape index (κ3) is 9.64. The standard InChI is InChI=1S/C13H26N2O3S/c1-13(2,3)9-10(8-11(16)17)14-12(18)15(4)6-7-19-5/h10H,6-9H2,1-5H3,(H,14,18)(H,16,17). The van der Waals surface area contributed by atoms with E-state index in [-0.39, 0.29) is 23.9 Å². The predicted octanol–water partition coefficient (Wildman–Crippen LogP) is 2.27. The molecule has 0 aromatic heterocycles. The molecule has 0 bridgehead atoms. The molecule has 2 N–H and O–H groups in total. The Balaban J connectivity index is 4.45. The molecule has 0 heterocycles. The Hall–Kier alpha value is -0.910. The number of nitrogens with zero attached hydrogens (tertiary/aromatic N) is 1. The highest BCUT2D eigenvalue weighted by Crippen LogP contribution is 2.22. The van der Waals surface area contributed by atoms with Gasteiger partial charge in [0, 0.05) is 25.4 Å². The van der Waals surface area contributed by atoms with E-state index in [1.807, 2.05) is 27.0 Å². The fourth-order valence-corrected chi connectivity index (χ4v) is 2.20. The third-order valence-corrected chi connectivity index (χ3v) is 3.18. The number of carbonyl (C=O) groups is 2. The molecule has 112 valence electrons. The number of thioether (sulfide) groups is 1. The minimum atomic E-state index is -0.888. The predicted molar refractivity (Wildman–Crippen MR) is 79.7 cm³/mol. The molecular weight excluding hydrogens is 264 g/mol. The molecule has 0 fully saturated rings. The second-order valence-electron chi connectivity index (χ2n) is 5.92. The first-order valence-corrected chi connectivity index (χ1v) is 7.77. The van der Waals surface area contributed by atoms with Crippen LogP contribution in [0.4, 0.5) is 4.79 Å². The zero-order chi connectivity index (χ0) is 15.1. The van der Waals surface area contributed by atoms with Gasteiger partial charge in [-0.25, -0.2) is 4.79 Å². The zero-order valence-corrected chi connectivity index (χ0v) is 13.3. The molecule has 0 aromatic carbocycles. The fourth-order valence-electron chi connectivity index (χ4n) is 1.74. The number of hydrogen-bond donors (Lipinski definition) is 2. The van der Waals surface area contributed by atoms with E-state index in [4.69, 9.17) is 5.11 Å². The Morgan fingerprint density at radius 3 is 2.37 bits per heavy atom. The molecule has 0 saturated heterocycles. The normalized spacial score (nSPS) is 12.9. The van der Waals surface area contributed by atoms with E-state index in [0.29, 0.717) is 13.0 Å². The number of carbonyl (C=O) groups excluding carboxylic acids is 1. The van der Waals surface area contributed by atoms with Crippen LogP contribution in [0.3, 0.4) is 0 Å². The quantitative estimate of drug-likeness (QED) is 0.754. The Morgan fingerprint density at radius 1 is 1.37 bits per heavy atom. The highest BCUT2D eigenvalue weighted by atomic mass is 32.2. The van der Waals surface area contributed by atoms with Gasteiger partial charge in [0.15, 0.2) is 0 Å². The molecule has 0 aliphatic carbocycles. The van der Waals surface area contributed by atoms with Crippen LogP contribution >= 0.6 is 11.8 Å². The van der Waals surface area contributed by atoms with Gasteiger partial charge in [-0.05, 0) is 18.1 Å². The van der Waals surface area contributed by atoms with Gasteiger partial charge in [-0.2, -0.15) is 11.8 Å². The van der Waals surface area contributed by atoms with Crippen LogP contribution in [-0.4, -0.2) is 53.6 Å². The molecule has 19 heavy (non-hydrogen) atoms. The second-order valence-corrected chi connectivity index (χ2v) is 6.91. The largest absolute Gasteiger partial charge is 0.481 e. The molecule has 2 amide bonds. The SMILES string of the molecule is CSCCN(C)C(=O)NC(CC(=O)O)CC(C)(C)C. The van der Waals surface area contributed by atoms with Crippen LogP contribution in [0.1, 0.15) is 33.6 Å². The first-order valence-electron chi connectivity index (χ1n) is 6.38. The van der Waals surface area contributed by atoms with Gasteiger partial charge in [-0.1, -0.05) is 20.8 Å². The lowest BCUT2D eigenvalue weighted by Crippen LogP contribution is -2.45. The minimum absolute atomic E-state index is 0.0226. The van der Waals surface area contributed by atoms with Crippen molar-refractivity contribution in [3.05, 3.63) is 0 Å². The summed E-state index contributed by atoms with van der Waals surface area (Å²) in [7, 11) is 1.72. The highest BCUT2D eigenvalue weighted by Gasteiger charge is 2.23. The maximum Gasteiger partial charge on any atom is 0.317 e. The summed E-state index contributed by atoms with van der Waals surface area (Å²) in [4.78, 5) is 24.4. The summed E-state index contributed by atoms with van der Waals surface area (Å²) in [5, 5.41) is 11.7. The van der Waals surface area contributed by atoms with Crippen molar-refractivity contribution in [3.8, 4) is 0 Å². The fraction of sp³-hybridized carbons (Fsp3) is 0.846. The third-order valence-electron chi connectivity index (χ3n) is 2.58. The van der Waals surface area contributed by atoms with Gasteiger partial charge in [0.25, 0.3) is 0 Å². The first-order chi connectivity index (χ1) is 8.65. The lowest BCUT2D eigenvalue weighted by molar-refractivity contribution is -0.137. The van der Waals surface area contributed by atoms with Crippen molar-refractivity contribution in [2.75, 3.05) is 25.6 Å². The van der Waals surface area contributed by atoms with Gasteiger partial charge in [0.1, 0.15) is 0 Å². The topological polar surface area (TPSA) is 69.6 Å². The molecule has 0 aliphatic heterocycles. The summed E-state index contributed by atoms with van der Waals surface area (Å²) in [5.74, 6) is -0.0198. The number of carboxylic acids is 1. The molecule has 6 heteroatoms. The molecular formula is C13H26N2O3S. The Labute approximate surface area is 120 Å². The van der Waals surface area contributed by atoms with E-state index >= 15 is 0 Å². The van der Waals surface area contributed by atoms with Crippen molar-refractivity contribution in [1.82, 2.24) is 10.2 Å². The number of aliphatic carboxylic acids is 1. The van der Waals surface area contributed by atoms with Gasteiger partial charge in [0.05, 0.1) is 6.42 Å². The van der Waals surface area contributed by atoms with E-state index in [9.17, 15) is 9.59 Å². The van der Waals surface area contributed by atoms with Gasteiger partial charge < -0.3 is 15.3 Å². The Kier molecular flexibility index (Phi) is 7.90. The van der Waals surface area contributed by atoms with Gasteiger partial charge in [-0.3, -0.25) is 4.79 Å². The van der Waals surface area contributed by atoms with E-state index in [2.05, 4.69) is 5.32 Å². The van der Waals surface area contributed by atoms with Crippen molar-refractivity contribution in [1.29, 1.82) is 0 Å². The lowest BCUT2D eigenvalue weighted by Gasteiger charge is -2.28. The summed E-state index contributed by atoms with van der Waals surface area (Å²) in [6.07, 6.45) is 2.58. The van der Waals surface area contributed by atoms with Crippen molar-refractivity contribution in [2.24, 2.45) is 5.41 Å². The number of hydrogen-bond acceptors (Lipinski definition) is 3. The molecule has 1 unspecified atom stereocenters. The number of rotatable bonds is 7. The second kappa shape index (κ2) is 8.30. The van der Waals surface area contributed by atoms with E-state index in [0.717, 1.165) is 5.75 Å². The van der Waals surface area contributed by atoms with E-state index in [1.54, 1.807) is 23.7 Å². The van der Waals surface area contributed by atoms with Crippen LogP contribution in [0.5, 0.6) is 0 Å². The minimum Gasteiger partial charge on any atom is -0.481 e. The average Bonchev–Trinajstić information content (AvgIpc) is 2.22. The molecule has 0 aliphatic rings. The van der Waals surface area contributed by atoms with Crippen LogP contribution in [0.25, 0.3) is 0 Å². The van der Waals surface area contributed by atoms with Crippen LogP contribution in [0.15, 0.2) is 0 Å². The van der Waals surface area contributed by atoms with E-state index < -0.39 is 5.97 Å². The summed E-state index contributed by atoms with van der Waals surface area (Å²) in [6, 6.07) is -0.536. The van der Waals surface area contributed by atoms with Crippen molar-refractivity contribution >= 4 is 23.8 Å². The maximum absolute atomic E-state index is 11.9. The zero-order valence-electron chi connectivity index (χ0n) is 12.5. The smallest absolute Gasteiger partial charge is 0.317 e. The molecule has 5 nitrogen and oxygen atoms in total. The van der Waals surface area contributed by atoms with Crippen LogP contribution in [0.2, 0.25) is 0 Å². The highest BCUT2D eigenvalue weighted by molar-refractivity contribution is 7.98. The number of urea groups is 1. The lowest BCUT2D eigenvalue weighted by atomic mass is 9.87. The first kappa shape index (κ1) is 18.1. The molecule has 0 radical (unpaired) electrons. The van der Waals surface area contributed by atoms with Crippen molar-refractivity contribution < 1.29 is 14.7 Å². The summed E-state index contributed by atoms with van der Waals surface area (Å²) in [6.45, 7) is 6.75. The summed E-state index contributed by atoms with van der Waals surface area (Å²) >= 11 is 1.67. The molecule has 1 atom stereocenters. The van der Waals surface area contributed by atoms with Crippen LogP contribution < -0.4 is 5.32 Å². The molecule has 0 spiro atoms. The number of nitrogens with one attached hydrogen (secondary N) is 1. The van der Waals surface area contributed by atoms with Crippen molar-refractivity contribution in [3.63, 3.8) is 0 Å². The summed E-state index contributed by atoms with van der Waals surface area (Å²) < 4.78 is 0. The van der Waals surface area contributed by atoms with Crippen molar-refractivity contribution in [2.45, 2.75) is 39.7 Å². The number of amides is 2. The van der Waals surface area contributed by atoms with Crippen LogP contribution in [0, 0.1) is 5.41 Å². The Morgan fingerprint density at radius 2 is 1.95 bits per heavy atom. The average molecular weight is 290 g/mol. The molecule has 0 saturated carbocycles. The van der Waals surface area contributed by atoms with Crippen LogP contribution in [-0.2, 0) is 4.79 Å². The molecule has 0 rings (SSSR count). The van der Waals surface area contributed by atoms with Gasteiger partial charge in [-0.15, -0.1) is 0 Å². The number of carboxylic acid groups (broad SMARTS) is 1.